The quantitative estimate of drug-likeness (QED) is 0.230. The molecule has 9 heteroatoms. The Labute approximate surface area is 258 Å². The second-order valence-electron chi connectivity index (χ2n) is 13.3. The van der Waals surface area contributed by atoms with Crippen LogP contribution < -0.4 is 16.4 Å². The van der Waals surface area contributed by atoms with Crippen LogP contribution in [0.15, 0.2) is 72.9 Å². The maximum Gasteiger partial charge on any atom is 0.324 e. The first-order valence-corrected chi connectivity index (χ1v) is 15.4. The molecule has 6 rings (SSSR count). The number of carbonyl (C=O) groups is 2. The van der Waals surface area contributed by atoms with Gasteiger partial charge in [0, 0.05) is 35.4 Å². The second kappa shape index (κ2) is 11.8. The number of benzene rings is 2. The van der Waals surface area contributed by atoms with Crippen molar-refractivity contribution in [1.82, 2.24) is 19.7 Å². The molecule has 2 atom stereocenters. The number of rotatable bonds is 6. The van der Waals surface area contributed by atoms with Gasteiger partial charge in [-0.25, -0.2) is 14.5 Å². The highest BCUT2D eigenvalue weighted by molar-refractivity contribution is 6.00. The number of urea groups is 1. The van der Waals surface area contributed by atoms with Gasteiger partial charge < -0.3 is 16.0 Å². The maximum absolute atomic E-state index is 13.3. The Bertz CT molecular complexity index is 1660. The van der Waals surface area contributed by atoms with Gasteiger partial charge in [0.15, 0.2) is 0 Å². The predicted molar refractivity (Wildman–Crippen MR) is 174 cm³/mol. The Hall–Kier alpha value is -4.66. The van der Waals surface area contributed by atoms with Gasteiger partial charge in [0.2, 0.25) is 0 Å². The number of amides is 3. The molecule has 0 saturated carbocycles. The third-order valence-corrected chi connectivity index (χ3v) is 8.84. The molecule has 2 saturated heterocycles. The van der Waals surface area contributed by atoms with Crippen LogP contribution in [0.1, 0.15) is 73.6 Å². The molecule has 0 spiro atoms. The molecule has 228 valence electrons. The molecule has 44 heavy (non-hydrogen) atoms. The van der Waals surface area contributed by atoms with E-state index in [0.717, 1.165) is 54.7 Å². The number of hydrogen-bond acceptors (Lipinski definition) is 5. The Kier molecular flexibility index (Phi) is 7.88. The van der Waals surface area contributed by atoms with Crippen molar-refractivity contribution in [3.05, 3.63) is 95.3 Å². The van der Waals surface area contributed by atoms with E-state index in [9.17, 15) is 9.59 Å². The summed E-state index contributed by atoms with van der Waals surface area (Å²) in [5.41, 5.74) is 11.2. The van der Waals surface area contributed by atoms with E-state index in [2.05, 4.69) is 47.4 Å². The fourth-order valence-corrected chi connectivity index (χ4v) is 6.63. The van der Waals surface area contributed by atoms with E-state index in [4.69, 9.17) is 10.8 Å². The standard InChI is InChI=1S/C35H41N7O2/c1-22-10-12-26(13-11-22)42-31(21-30(40-42)35(2,3)4)39-34(44)38-25-8-5-7-23(18-25)17-24-19-27-14-15-28(20-24)41(27)33(43)29-9-6-16-37-32(29)36/h5-13,16,18,21,24,27-28H,14-15,17,19-20H2,1-4H3,(H2,36,37)(H2,38,39,44). The number of hydrogen-bond donors (Lipinski definition) is 3. The zero-order chi connectivity index (χ0) is 31.0. The van der Waals surface area contributed by atoms with Crippen molar-refractivity contribution in [2.24, 2.45) is 5.92 Å². The van der Waals surface area contributed by atoms with E-state index in [0.29, 0.717) is 23.1 Å². The summed E-state index contributed by atoms with van der Waals surface area (Å²) in [6, 6.07) is 21.7. The average molecular weight is 592 g/mol. The second-order valence-corrected chi connectivity index (χ2v) is 13.3. The number of nitrogens with zero attached hydrogens (tertiary/aromatic N) is 4. The summed E-state index contributed by atoms with van der Waals surface area (Å²) >= 11 is 0. The Morgan fingerprint density at radius 1 is 0.955 bits per heavy atom. The number of pyridine rings is 1. The maximum atomic E-state index is 13.3. The van der Waals surface area contributed by atoms with Crippen LogP contribution in [-0.2, 0) is 11.8 Å². The van der Waals surface area contributed by atoms with Crippen LogP contribution in [0.2, 0.25) is 0 Å². The number of nitrogen functional groups attached to an aromatic ring is 1. The molecular formula is C35H41N7O2. The van der Waals surface area contributed by atoms with Crippen LogP contribution in [0.4, 0.5) is 22.1 Å². The molecule has 4 N–H and O–H groups in total. The lowest BCUT2D eigenvalue weighted by molar-refractivity contribution is 0.0525. The minimum absolute atomic E-state index is 0.00268. The van der Waals surface area contributed by atoms with Gasteiger partial charge in [0.05, 0.1) is 16.9 Å². The number of nitrogens with one attached hydrogen (secondary N) is 2. The lowest BCUT2D eigenvalue weighted by Gasteiger charge is -2.39. The first-order valence-electron chi connectivity index (χ1n) is 15.4. The van der Waals surface area contributed by atoms with Crippen molar-refractivity contribution in [2.45, 2.75) is 77.3 Å². The molecular weight excluding hydrogens is 550 g/mol. The van der Waals surface area contributed by atoms with Gasteiger partial charge in [0.1, 0.15) is 11.6 Å². The Balaban J connectivity index is 1.11. The lowest BCUT2D eigenvalue weighted by Crippen LogP contribution is -2.47. The van der Waals surface area contributed by atoms with Crippen molar-refractivity contribution < 1.29 is 9.59 Å². The van der Waals surface area contributed by atoms with Crippen LogP contribution in [0, 0.1) is 12.8 Å². The first-order chi connectivity index (χ1) is 21.0. The van der Waals surface area contributed by atoms with E-state index in [1.54, 1.807) is 23.0 Å². The lowest BCUT2D eigenvalue weighted by atomic mass is 9.85. The molecule has 0 radical (unpaired) electrons. The molecule has 0 aliphatic carbocycles. The largest absolute Gasteiger partial charge is 0.383 e. The highest BCUT2D eigenvalue weighted by atomic mass is 16.2. The number of nitrogens with two attached hydrogens (primary N) is 1. The van der Waals surface area contributed by atoms with E-state index in [-0.39, 0.29) is 29.4 Å². The first kappa shape index (κ1) is 29.4. The molecule has 2 aromatic carbocycles. The van der Waals surface area contributed by atoms with E-state index in [1.165, 1.54) is 5.56 Å². The van der Waals surface area contributed by atoms with Crippen LogP contribution in [0.3, 0.4) is 0 Å². The Morgan fingerprint density at radius 3 is 2.36 bits per heavy atom. The van der Waals surface area contributed by atoms with Crippen molar-refractivity contribution in [1.29, 1.82) is 0 Å². The molecule has 2 unspecified atom stereocenters. The fraction of sp³-hybridized carbons (Fsp3) is 0.371. The highest BCUT2D eigenvalue weighted by Crippen LogP contribution is 2.41. The minimum atomic E-state index is -0.324. The molecule has 4 aromatic rings. The zero-order valence-corrected chi connectivity index (χ0v) is 25.9. The fourth-order valence-electron chi connectivity index (χ4n) is 6.63. The highest BCUT2D eigenvalue weighted by Gasteiger charge is 2.43. The third kappa shape index (κ3) is 6.18. The van der Waals surface area contributed by atoms with Crippen LogP contribution in [0.25, 0.3) is 5.69 Å². The van der Waals surface area contributed by atoms with Gasteiger partial charge in [-0.15, -0.1) is 0 Å². The Morgan fingerprint density at radius 2 is 1.68 bits per heavy atom. The number of aryl methyl sites for hydroxylation is 1. The van der Waals surface area contributed by atoms with Crippen molar-refractivity contribution in [2.75, 3.05) is 16.4 Å². The van der Waals surface area contributed by atoms with Gasteiger partial charge in [-0.3, -0.25) is 10.1 Å². The summed E-state index contributed by atoms with van der Waals surface area (Å²) in [6.07, 6.45) is 6.47. The third-order valence-electron chi connectivity index (χ3n) is 8.84. The average Bonchev–Trinajstić information content (AvgIpc) is 3.52. The number of anilines is 3. The van der Waals surface area contributed by atoms with Gasteiger partial charge in [-0.05, 0) is 86.9 Å². The van der Waals surface area contributed by atoms with E-state index in [1.807, 2.05) is 55.5 Å². The van der Waals surface area contributed by atoms with Gasteiger partial charge in [-0.2, -0.15) is 5.10 Å². The molecule has 4 heterocycles. The summed E-state index contributed by atoms with van der Waals surface area (Å²) in [5.74, 6) is 1.36. The normalized spacial score (nSPS) is 19.5. The van der Waals surface area contributed by atoms with Crippen LogP contribution >= 0.6 is 0 Å². The zero-order valence-electron chi connectivity index (χ0n) is 25.9. The topological polar surface area (TPSA) is 118 Å². The van der Waals surface area contributed by atoms with Crippen molar-refractivity contribution in [3.63, 3.8) is 0 Å². The molecule has 3 amide bonds. The van der Waals surface area contributed by atoms with Crippen LogP contribution in [-0.4, -0.2) is 43.7 Å². The molecule has 2 fully saturated rings. The van der Waals surface area contributed by atoms with Gasteiger partial charge in [0.25, 0.3) is 5.91 Å². The van der Waals surface area contributed by atoms with Crippen molar-refractivity contribution in [3.8, 4) is 5.69 Å². The molecule has 2 bridgehead atoms. The van der Waals surface area contributed by atoms with Crippen LogP contribution in [0.5, 0.6) is 0 Å². The number of aromatic nitrogens is 3. The molecule has 2 aromatic heterocycles. The molecule has 2 aliphatic rings. The van der Waals surface area contributed by atoms with Gasteiger partial charge in [-0.1, -0.05) is 50.6 Å². The summed E-state index contributed by atoms with van der Waals surface area (Å²) in [4.78, 5) is 32.7. The summed E-state index contributed by atoms with van der Waals surface area (Å²) in [6.45, 7) is 8.36. The van der Waals surface area contributed by atoms with Gasteiger partial charge >= 0.3 is 6.03 Å². The monoisotopic (exact) mass is 591 g/mol. The summed E-state index contributed by atoms with van der Waals surface area (Å²) < 4.78 is 1.78. The van der Waals surface area contributed by atoms with E-state index < -0.39 is 0 Å². The van der Waals surface area contributed by atoms with Crippen molar-refractivity contribution >= 4 is 29.3 Å². The summed E-state index contributed by atoms with van der Waals surface area (Å²) in [7, 11) is 0. The summed E-state index contributed by atoms with van der Waals surface area (Å²) in [5, 5.41) is 10.9. The number of piperidine rings is 1. The van der Waals surface area contributed by atoms with E-state index >= 15 is 0 Å². The number of fused-ring (bicyclic) bond motifs is 2. The minimum Gasteiger partial charge on any atom is -0.383 e. The molecule has 9 nitrogen and oxygen atoms in total. The SMILES string of the molecule is Cc1ccc(-n2nc(C(C)(C)C)cc2NC(=O)Nc2cccc(CC3CC4CCC(C3)N4C(=O)c3cccnc3N)c2)cc1. The molecule has 2 aliphatic heterocycles. The smallest absolute Gasteiger partial charge is 0.324 e. The predicted octanol–water partition coefficient (Wildman–Crippen LogP) is 6.73. The number of carbonyl (C=O) groups excluding carboxylic acids is 2.